The number of piperazine rings is 1. The van der Waals surface area contributed by atoms with Crippen LogP contribution in [0.3, 0.4) is 0 Å². The molecule has 1 atom stereocenters. The van der Waals surface area contributed by atoms with Gasteiger partial charge >= 0.3 is 0 Å². The number of aliphatic hydroxyl groups excluding tert-OH is 1. The summed E-state index contributed by atoms with van der Waals surface area (Å²) in [4.78, 5) is 6.39. The van der Waals surface area contributed by atoms with Crippen molar-refractivity contribution < 1.29 is 9.84 Å². The number of nitrogens with one attached hydrogen (secondary N) is 1. The third-order valence-electron chi connectivity index (χ3n) is 4.37. The summed E-state index contributed by atoms with van der Waals surface area (Å²) < 4.78 is 5.74. The Morgan fingerprint density at radius 1 is 1.25 bits per heavy atom. The smallest absolute Gasteiger partial charge is 0.225 e. The second-order valence-corrected chi connectivity index (χ2v) is 6.29. The summed E-state index contributed by atoms with van der Waals surface area (Å²) in [7, 11) is 0. The fourth-order valence-corrected chi connectivity index (χ4v) is 3.30. The minimum absolute atomic E-state index is 0.541. The SMILES string of the molecule is OC1Oc2cc(N3CCNCC3)ccc2C=C1c1cnccc1Cl. The molecule has 2 aliphatic heterocycles. The van der Waals surface area contributed by atoms with Crippen LogP contribution in [0, 0.1) is 0 Å². The van der Waals surface area contributed by atoms with Crippen LogP contribution in [0.5, 0.6) is 5.75 Å². The Kier molecular flexibility index (Phi) is 4.14. The highest BCUT2D eigenvalue weighted by Gasteiger charge is 2.24. The maximum atomic E-state index is 10.4. The normalized spacial score (nSPS) is 20.2. The number of ether oxygens (including phenoxy) is 1. The molecule has 2 aliphatic rings. The highest BCUT2D eigenvalue weighted by molar-refractivity contribution is 6.32. The summed E-state index contributed by atoms with van der Waals surface area (Å²) in [6.45, 7) is 3.88. The van der Waals surface area contributed by atoms with Crippen molar-refractivity contribution >= 4 is 28.9 Å². The molecule has 24 heavy (non-hydrogen) atoms. The zero-order chi connectivity index (χ0) is 16.5. The molecule has 0 amide bonds. The van der Waals surface area contributed by atoms with E-state index in [4.69, 9.17) is 16.3 Å². The molecule has 0 spiro atoms. The zero-order valence-electron chi connectivity index (χ0n) is 13.1. The highest BCUT2D eigenvalue weighted by Crippen LogP contribution is 2.37. The molecule has 0 aliphatic carbocycles. The van der Waals surface area contributed by atoms with Crippen LogP contribution in [0.2, 0.25) is 5.02 Å². The van der Waals surface area contributed by atoms with Crippen LogP contribution in [-0.4, -0.2) is 42.6 Å². The number of benzene rings is 1. The van der Waals surface area contributed by atoms with Crippen LogP contribution in [0.25, 0.3) is 11.6 Å². The number of anilines is 1. The summed E-state index contributed by atoms with van der Waals surface area (Å²) >= 11 is 6.22. The monoisotopic (exact) mass is 343 g/mol. The zero-order valence-corrected chi connectivity index (χ0v) is 13.8. The Labute approximate surface area is 145 Å². The maximum Gasteiger partial charge on any atom is 0.225 e. The molecule has 3 heterocycles. The molecule has 1 fully saturated rings. The van der Waals surface area contributed by atoms with E-state index in [9.17, 15) is 5.11 Å². The molecule has 1 aromatic carbocycles. The van der Waals surface area contributed by atoms with E-state index >= 15 is 0 Å². The van der Waals surface area contributed by atoms with Gasteiger partial charge in [0.05, 0.1) is 5.02 Å². The van der Waals surface area contributed by atoms with Gasteiger partial charge in [-0.3, -0.25) is 4.98 Å². The average Bonchev–Trinajstić information content (AvgIpc) is 2.62. The van der Waals surface area contributed by atoms with Crippen LogP contribution in [-0.2, 0) is 0 Å². The Bertz CT molecular complexity index is 788. The molecular weight excluding hydrogens is 326 g/mol. The van der Waals surface area contributed by atoms with Crippen LogP contribution in [0.15, 0.2) is 36.7 Å². The molecule has 0 radical (unpaired) electrons. The van der Waals surface area contributed by atoms with Crippen LogP contribution < -0.4 is 15.0 Å². The van der Waals surface area contributed by atoms with E-state index in [1.165, 1.54) is 0 Å². The number of hydrogen-bond donors (Lipinski definition) is 2. The van der Waals surface area contributed by atoms with Crippen molar-refractivity contribution in [2.45, 2.75) is 6.29 Å². The van der Waals surface area contributed by atoms with Crippen molar-refractivity contribution in [2.24, 2.45) is 0 Å². The van der Waals surface area contributed by atoms with Gasteiger partial charge in [-0.15, -0.1) is 0 Å². The average molecular weight is 344 g/mol. The number of pyridine rings is 1. The van der Waals surface area contributed by atoms with Crippen LogP contribution in [0.4, 0.5) is 5.69 Å². The third-order valence-corrected chi connectivity index (χ3v) is 4.70. The van der Waals surface area contributed by atoms with Gasteiger partial charge in [0.15, 0.2) is 0 Å². The number of hydrogen-bond acceptors (Lipinski definition) is 5. The Balaban J connectivity index is 1.69. The number of halogens is 1. The topological polar surface area (TPSA) is 57.6 Å². The molecule has 4 rings (SSSR count). The van der Waals surface area contributed by atoms with E-state index in [1.807, 2.05) is 18.2 Å². The summed E-state index contributed by atoms with van der Waals surface area (Å²) in [6.07, 6.45) is 4.11. The summed E-state index contributed by atoms with van der Waals surface area (Å²) in [5, 5.41) is 14.3. The van der Waals surface area contributed by atoms with Gasteiger partial charge in [0.1, 0.15) is 5.75 Å². The van der Waals surface area contributed by atoms with Crippen molar-refractivity contribution in [2.75, 3.05) is 31.1 Å². The van der Waals surface area contributed by atoms with Gasteiger partial charge in [-0.1, -0.05) is 11.6 Å². The molecular formula is C18H18ClN3O2. The van der Waals surface area contributed by atoms with Gasteiger partial charge < -0.3 is 20.1 Å². The fraction of sp³-hybridized carbons (Fsp3) is 0.278. The van der Waals surface area contributed by atoms with Crippen molar-refractivity contribution in [1.29, 1.82) is 0 Å². The molecule has 1 saturated heterocycles. The maximum absolute atomic E-state index is 10.4. The minimum Gasteiger partial charge on any atom is -0.460 e. The van der Waals surface area contributed by atoms with Crippen molar-refractivity contribution in [3.05, 3.63) is 52.8 Å². The summed E-state index contributed by atoms with van der Waals surface area (Å²) in [5.41, 5.74) is 3.34. The molecule has 1 aromatic heterocycles. The van der Waals surface area contributed by atoms with Gasteiger partial charge in [0, 0.05) is 67.0 Å². The first-order valence-electron chi connectivity index (χ1n) is 7.98. The molecule has 2 aromatic rings. The largest absolute Gasteiger partial charge is 0.460 e. The summed E-state index contributed by atoms with van der Waals surface area (Å²) in [6, 6.07) is 7.79. The van der Waals surface area contributed by atoms with E-state index in [0.29, 0.717) is 21.9 Å². The summed E-state index contributed by atoms with van der Waals surface area (Å²) in [5.74, 6) is 0.683. The van der Waals surface area contributed by atoms with E-state index in [2.05, 4.69) is 21.3 Å². The second kappa shape index (κ2) is 6.43. The standard InChI is InChI=1S/C18H18ClN3O2/c19-16-3-4-21-11-15(16)14-9-12-1-2-13(10-17(12)24-18(14)23)22-7-5-20-6-8-22/h1-4,9-11,18,20,23H,5-8H2. The van der Waals surface area contributed by atoms with E-state index in [1.54, 1.807) is 18.5 Å². The van der Waals surface area contributed by atoms with Gasteiger partial charge in [-0.25, -0.2) is 0 Å². The van der Waals surface area contributed by atoms with Gasteiger partial charge in [0.25, 0.3) is 0 Å². The third kappa shape index (κ3) is 2.86. The number of rotatable bonds is 2. The molecule has 5 nitrogen and oxygen atoms in total. The lowest BCUT2D eigenvalue weighted by Crippen LogP contribution is -2.43. The highest BCUT2D eigenvalue weighted by atomic mass is 35.5. The minimum atomic E-state index is -1.06. The molecule has 124 valence electrons. The number of nitrogens with zero attached hydrogens (tertiary/aromatic N) is 2. The van der Waals surface area contributed by atoms with Gasteiger partial charge in [-0.2, -0.15) is 0 Å². The first kappa shape index (κ1) is 15.4. The van der Waals surface area contributed by atoms with E-state index < -0.39 is 6.29 Å². The predicted octanol–water partition coefficient (Wildman–Crippen LogP) is 2.40. The number of aliphatic hydroxyl groups is 1. The Morgan fingerprint density at radius 3 is 2.88 bits per heavy atom. The molecule has 0 bridgehead atoms. The lowest BCUT2D eigenvalue weighted by molar-refractivity contribution is 0.0320. The first-order chi connectivity index (χ1) is 11.7. The van der Waals surface area contributed by atoms with E-state index in [-0.39, 0.29) is 0 Å². The Hall–Kier alpha value is -2.08. The van der Waals surface area contributed by atoms with Gasteiger partial charge in [-0.05, 0) is 24.3 Å². The van der Waals surface area contributed by atoms with Crippen molar-refractivity contribution in [3.63, 3.8) is 0 Å². The predicted molar refractivity (Wildman–Crippen MR) is 95.3 cm³/mol. The number of fused-ring (bicyclic) bond motifs is 1. The first-order valence-corrected chi connectivity index (χ1v) is 8.36. The fourth-order valence-electron chi connectivity index (χ4n) is 3.09. The second-order valence-electron chi connectivity index (χ2n) is 5.88. The lowest BCUT2D eigenvalue weighted by atomic mass is 10.0. The van der Waals surface area contributed by atoms with Crippen molar-refractivity contribution in [3.8, 4) is 5.75 Å². The van der Waals surface area contributed by atoms with Crippen LogP contribution >= 0.6 is 11.6 Å². The molecule has 2 N–H and O–H groups in total. The van der Waals surface area contributed by atoms with Crippen LogP contribution in [0.1, 0.15) is 11.1 Å². The molecule has 1 unspecified atom stereocenters. The lowest BCUT2D eigenvalue weighted by Gasteiger charge is -2.31. The Morgan fingerprint density at radius 2 is 2.08 bits per heavy atom. The molecule has 6 heteroatoms. The molecule has 0 saturated carbocycles. The quantitative estimate of drug-likeness (QED) is 0.877. The van der Waals surface area contributed by atoms with E-state index in [0.717, 1.165) is 37.4 Å². The number of aromatic nitrogens is 1. The van der Waals surface area contributed by atoms with Gasteiger partial charge in [0.2, 0.25) is 6.29 Å². The van der Waals surface area contributed by atoms with Crippen molar-refractivity contribution in [1.82, 2.24) is 10.3 Å².